The van der Waals surface area contributed by atoms with Crippen LogP contribution in [0.25, 0.3) is 0 Å². The molecule has 2 aliphatic heterocycles. The quantitative estimate of drug-likeness (QED) is 0.610. The first-order valence-corrected chi connectivity index (χ1v) is 13.4. The predicted molar refractivity (Wildman–Crippen MR) is 110 cm³/mol. The Kier molecular flexibility index (Phi) is 6.71. The second-order valence-corrected chi connectivity index (χ2v) is 12.1. The van der Waals surface area contributed by atoms with Crippen LogP contribution in [0, 0.1) is 0 Å². The first kappa shape index (κ1) is 22.3. The largest absolute Gasteiger partial charge is 0.345 e. The second kappa shape index (κ2) is 8.75. The SMILES string of the molecule is Cn1cc(S(=O)(=O)N2CCCCC2)cc1C(=O)N1CCN(CCS(C)(=O)=O)CC1. The van der Waals surface area contributed by atoms with Gasteiger partial charge >= 0.3 is 0 Å². The number of rotatable bonds is 6. The van der Waals surface area contributed by atoms with Gasteiger partial charge in [0, 0.05) is 65.3 Å². The summed E-state index contributed by atoms with van der Waals surface area (Å²) >= 11 is 0. The average Bonchev–Trinajstić information content (AvgIpc) is 3.09. The fourth-order valence-electron chi connectivity index (χ4n) is 3.77. The number of piperidine rings is 1. The summed E-state index contributed by atoms with van der Waals surface area (Å²) in [4.78, 5) is 16.8. The van der Waals surface area contributed by atoms with Crippen LogP contribution in [0.2, 0.25) is 0 Å². The number of sulfone groups is 1. The lowest BCUT2D eigenvalue weighted by Gasteiger charge is -2.34. The molecule has 0 radical (unpaired) electrons. The van der Waals surface area contributed by atoms with E-state index in [-0.39, 0.29) is 16.6 Å². The van der Waals surface area contributed by atoms with Crippen LogP contribution < -0.4 is 0 Å². The van der Waals surface area contributed by atoms with Crippen molar-refractivity contribution in [3.8, 4) is 0 Å². The lowest BCUT2D eigenvalue weighted by Crippen LogP contribution is -2.49. The van der Waals surface area contributed by atoms with E-state index < -0.39 is 19.9 Å². The standard InChI is InChI=1S/C18H30N4O5S2/c1-19-15-16(29(26,27)22-6-4-3-5-7-22)14-17(19)18(23)21-10-8-20(9-11-21)12-13-28(2,24)25/h14-15H,3-13H2,1-2H3. The number of sulfonamides is 1. The molecule has 2 aliphatic rings. The molecule has 3 rings (SSSR count). The minimum Gasteiger partial charge on any atom is -0.345 e. The lowest BCUT2D eigenvalue weighted by molar-refractivity contribution is 0.0634. The van der Waals surface area contributed by atoms with E-state index in [9.17, 15) is 21.6 Å². The Hall–Kier alpha value is -1.43. The number of nitrogens with zero attached hydrogens (tertiary/aromatic N) is 4. The maximum absolute atomic E-state index is 12.9. The van der Waals surface area contributed by atoms with Gasteiger partial charge in [-0.2, -0.15) is 4.31 Å². The van der Waals surface area contributed by atoms with Crippen LogP contribution >= 0.6 is 0 Å². The van der Waals surface area contributed by atoms with Gasteiger partial charge in [0.1, 0.15) is 20.4 Å². The van der Waals surface area contributed by atoms with Crippen molar-refractivity contribution >= 4 is 25.8 Å². The zero-order valence-electron chi connectivity index (χ0n) is 17.1. The highest BCUT2D eigenvalue weighted by atomic mass is 32.2. The summed E-state index contributed by atoms with van der Waals surface area (Å²) < 4.78 is 51.5. The van der Waals surface area contributed by atoms with E-state index >= 15 is 0 Å². The zero-order valence-corrected chi connectivity index (χ0v) is 18.7. The molecule has 29 heavy (non-hydrogen) atoms. The van der Waals surface area contributed by atoms with Gasteiger partial charge in [0.15, 0.2) is 0 Å². The molecule has 0 unspecified atom stereocenters. The Morgan fingerprint density at radius 3 is 2.17 bits per heavy atom. The normalized spacial score (nSPS) is 20.1. The van der Waals surface area contributed by atoms with E-state index in [1.54, 1.807) is 16.5 Å². The van der Waals surface area contributed by atoms with Gasteiger partial charge in [0.05, 0.1) is 5.75 Å². The number of piperazine rings is 1. The van der Waals surface area contributed by atoms with E-state index in [1.807, 2.05) is 4.90 Å². The summed E-state index contributed by atoms with van der Waals surface area (Å²) in [6.45, 7) is 3.69. The van der Waals surface area contributed by atoms with Crippen molar-refractivity contribution in [2.24, 2.45) is 7.05 Å². The van der Waals surface area contributed by atoms with Gasteiger partial charge in [-0.15, -0.1) is 0 Å². The highest BCUT2D eigenvalue weighted by Crippen LogP contribution is 2.23. The highest BCUT2D eigenvalue weighted by molar-refractivity contribution is 7.90. The average molecular weight is 447 g/mol. The third-order valence-electron chi connectivity index (χ3n) is 5.59. The van der Waals surface area contributed by atoms with Gasteiger partial charge < -0.3 is 9.47 Å². The molecule has 0 bridgehead atoms. The molecule has 1 aromatic rings. The molecule has 2 saturated heterocycles. The fraction of sp³-hybridized carbons (Fsp3) is 0.722. The molecule has 1 amide bonds. The van der Waals surface area contributed by atoms with Gasteiger partial charge in [-0.25, -0.2) is 16.8 Å². The molecular formula is C18H30N4O5S2. The molecule has 2 fully saturated rings. The first-order valence-electron chi connectivity index (χ1n) is 9.94. The number of hydrogen-bond donors (Lipinski definition) is 0. The Morgan fingerprint density at radius 2 is 1.59 bits per heavy atom. The topological polar surface area (TPSA) is 100 Å². The van der Waals surface area contributed by atoms with E-state index in [1.165, 1.54) is 22.8 Å². The van der Waals surface area contributed by atoms with Crippen molar-refractivity contribution in [2.45, 2.75) is 24.2 Å². The van der Waals surface area contributed by atoms with E-state index in [0.717, 1.165) is 19.3 Å². The van der Waals surface area contributed by atoms with Gasteiger partial charge in [0.25, 0.3) is 5.91 Å². The first-order chi connectivity index (χ1) is 13.6. The van der Waals surface area contributed by atoms with Crippen molar-refractivity contribution < 1.29 is 21.6 Å². The van der Waals surface area contributed by atoms with Crippen LogP contribution in [-0.2, 0) is 26.9 Å². The third-order valence-corrected chi connectivity index (χ3v) is 8.38. The number of aryl methyl sites for hydroxylation is 1. The Morgan fingerprint density at radius 1 is 0.966 bits per heavy atom. The maximum atomic E-state index is 12.9. The number of aromatic nitrogens is 1. The summed E-state index contributed by atoms with van der Waals surface area (Å²) in [5.41, 5.74) is 0.352. The molecule has 0 aliphatic carbocycles. The maximum Gasteiger partial charge on any atom is 0.270 e. The Balaban J connectivity index is 1.65. The molecular weight excluding hydrogens is 416 g/mol. The van der Waals surface area contributed by atoms with Crippen LogP contribution in [0.15, 0.2) is 17.2 Å². The van der Waals surface area contributed by atoms with Crippen molar-refractivity contribution in [1.82, 2.24) is 18.7 Å². The summed E-state index contributed by atoms with van der Waals surface area (Å²) in [7, 11) is -4.91. The van der Waals surface area contributed by atoms with Crippen molar-refractivity contribution in [1.29, 1.82) is 0 Å². The van der Waals surface area contributed by atoms with Gasteiger partial charge in [-0.3, -0.25) is 9.69 Å². The highest BCUT2D eigenvalue weighted by Gasteiger charge is 2.30. The molecule has 1 aromatic heterocycles. The molecule has 11 heteroatoms. The van der Waals surface area contributed by atoms with Crippen molar-refractivity contribution in [3.05, 3.63) is 18.0 Å². The summed E-state index contributed by atoms with van der Waals surface area (Å²) in [6.07, 6.45) is 5.50. The molecule has 0 saturated carbocycles. The molecule has 0 atom stereocenters. The number of carbonyl (C=O) groups excluding carboxylic acids is 1. The van der Waals surface area contributed by atoms with Crippen LogP contribution in [0.1, 0.15) is 29.8 Å². The van der Waals surface area contributed by atoms with Crippen LogP contribution in [0.3, 0.4) is 0 Å². The van der Waals surface area contributed by atoms with E-state index in [2.05, 4.69) is 0 Å². The van der Waals surface area contributed by atoms with Crippen molar-refractivity contribution in [3.63, 3.8) is 0 Å². The Bertz CT molecular complexity index is 941. The fourth-order valence-corrected chi connectivity index (χ4v) is 5.95. The molecule has 0 aromatic carbocycles. The zero-order chi connectivity index (χ0) is 21.2. The molecule has 3 heterocycles. The predicted octanol–water partition coefficient (Wildman–Crippen LogP) is 0.00210. The molecule has 0 N–H and O–H groups in total. The molecule has 0 spiro atoms. The van der Waals surface area contributed by atoms with Gasteiger partial charge in [0.2, 0.25) is 10.0 Å². The number of hydrogen-bond acceptors (Lipinski definition) is 6. The van der Waals surface area contributed by atoms with Gasteiger partial charge in [-0.05, 0) is 18.9 Å². The summed E-state index contributed by atoms with van der Waals surface area (Å²) in [6, 6.07) is 1.47. The van der Waals surface area contributed by atoms with Crippen LogP contribution in [0.5, 0.6) is 0 Å². The van der Waals surface area contributed by atoms with E-state index in [4.69, 9.17) is 0 Å². The van der Waals surface area contributed by atoms with Crippen LogP contribution in [0.4, 0.5) is 0 Å². The van der Waals surface area contributed by atoms with Crippen molar-refractivity contribution in [2.75, 3.05) is 57.8 Å². The smallest absolute Gasteiger partial charge is 0.270 e. The summed E-state index contributed by atoms with van der Waals surface area (Å²) in [5, 5.41) is 0. The minimum absolute atomic E-state index is 0.108. The Labute approximate surface area is 173 Å². The molecule has 9 nitrogen and oxygen atoms in total. The van der Waals surface area contributed by atoms with E-state index in [0.29, 0.717) is 51.5 Å². The van der Waals surface area contributed by atoms with Crippen LogP contribution in [-0.4, -0.2) is 99.2 Å². The third kappa shape index (κ3) is 5.39. The molecule has 164 valence electrons. The summed E-state index contributed by atoms with van der Waals surface area (Å²) in [5.74, 6) is -0.0911. The monoisotopic (exact) mass is 446 g/mol. The number of carbonyl (C=O) groups is 1. The number of amides is 1. The van der Waals surface area contributed by atoms with Gasteiger partial charge in [-0.1, -0.05) is 6.42 Å². The minimum atomic E-state index is -3.58. The lowest BCUT2D eigenvalue weighted by atomic mass is 10.2. The second-order valence-electron chi connectivity index (χ2n) is 7.90.